The van der Waals surface area contributed by atoms with E-state index in [4.69, 9.17) is 15.2 Å². The third-order valence-electron chi connectivity index (χ3n) is 5.38. The molecule has 0 aliphatic carbocycles. The molecular weight excluding hydrogens is 491 g/mol. The Labute approximate surface area is 196 Å². The molecule has 3 rings (SSSR count). The first-order valence-electron chi connectivity index (χ1n) is 10.2. The molecule has 1 atom stereocenters. The Kier molecular flexibility index (Phi) is 10.2. The van der Waals surface area contributed by atoms with Crippen molar-refractivity contribution in [2.24, 2.45) is 10.7 Å². The lowest BCUT2D eigenvalue weighted by atomic mass is 10.0. The van der Waals surface area contributed by atoms with E-state index in [2.05, 4.69) is 45.5 Å². The molecule has 0 saturated carbocycles. The van der Waals surface area contributed by atoms with E-state index in [1.54, 1.807) is 14.2 Å². The van der Waals surface area contributed by atoms with Crippen LogP contribution in [-0.4, -0.2) is 44.2 Å². The van der Waals surface area contributed by atoms with E-state index in [0.29, 0.717) is 30.0 Å². The highest BCUT2D eigenvalue weighted by Gasteiger charge is 2.22. The molecule has 0 amide bonds. The van der Waals surface area contributed by atoms with Crippen molar-refractivity contribution in [3.8, 4) is 11.5 Å². The minimum atomic E-state index is 0. The number of ether oxygens (including phenoxy) is 2. The molecule has 1 aliphatic heterocycles. The van der Waals surface area contributed by atoms with E-state index in [9.17, 15) is 0 Å². The first-order chi connectivity index (χ1) is 14.2. The van der Waals surface area contributed by atoms with Crippen molar-refractivity contribution in [1.29, 1.82) is 0 Å². The maximum absolute atomic E-state index is 6.13. The quantitative estimate of drug-likeness (QED) is 0.313. The Morgan fingerprint density at radius 1 is 1.07 bits per heavy atom. The molecule has 1 aliphatic rings. The molecule has 2 aromatic carbocycles. The molecule has 30 heavy (non-hydrogen) atoms. The zero-order chi connectivity index (χ0) is 20.5. The number of likely N-dealkylation sites (tertiary alicyclic amines) is 1. The minimum absolute atomic E-state index is 0. The third-order valence-corrected chi connectivity index (χ3v) is 5.38. The average molecular weight is 524 g/mol. The van der Waals surface area contributed by atoms with Crippen LogP contribution in [0.1, 0.15) is 30.4 Å². The number of benzene rings is 2. The molecule has 1 fully saturated rings. The van der Waals surface area contributed by atoms with Crippen molar-refractivity contribution in [3.05, 3.63) is 59.7 Å². The molecule has 0 radical (unpaired) electrons. The number of hydrogen-bond donors (Lipinski definition) is 2. The van der Waals surface area contributed by atoms with Gasteiger partial charge in [0.25, 0.3) is 0 Å². The summed E-state index contributed by atoms with van der Waals surface area (Å²) in [6, 6.07) is 16.9. The van der Waals surface area contributed by atoms with Crippen LogP contribution in [0.3, 0.4) is 0 Å². The highest BCUT2D eigenvalue weighted by molar-refractivity contribution is 14.0. The summed E-state index contributed by atoms with van der Waals surface area (Å²) in [5.41, 5.74) is 8.51. The largest absolute Gasteiger partial charge is 0.493 e. The number of aliphatic imine (C=N–C) groups is 1. The lowest BCUT2D eigenvalue weighted by Crippen LogP contribution is -2.47. The summed E-state index contributed by atoms with van der Waals surface area (Å²) in [5.74, 6) is 1.89. The molecule has 3 N–H and O–H groups in total. The lowest BCUT2D eigenvalue weighted by Gasteiger charge is -2.36. The van der Waals surface area contributed by atoms with Gasteiger partial charge in [0, 0.05) is 19.1 Å². The first-order valence-corrected chi connectivity index (χ1v) is 10.2. The van der Waals surface area contributed by atoms with Crippen LogP contribution in [0.5, 0.6) is 11.5 Å². The summed E-state index contributed by atoms with van der Waals surface area (Å²) >= 11 is 0. The average Bonchev–Trinajstić information content (AvgIpc) is 2.77. The van der Waals surface area contributed by atoms with Gasteiger partial charge >= 0.3 is 0 Å². The van der Waals surface area contributed by atoms with Crippen LogP contribution < -0.4 is 20.5 Å². The standard InChI is InChI=1S/C23H32N4O2.HI/c1-28-21-12-11-19(14-22(21)29-2)15-25-23(24)26-16-20-10-6-7-13-27(20)17-18-8-4-3-5-9-18;/h3-5,8-9,11-12,14,20H,6-7,10,13,15-17H2,1-2H3,(H3,24,25,26);1H. The molecular formula is C23H33IN4O2. The number of piperidine rings is 1. The van der Waals surface area contributed by atoms with Gasteiger partial charge < -0.3 is 20.5 Å². The summed E-state index contributed by atoms with van der Waals surface area (Å²) in [5, 5.41) is 3.32. The van der Waals surface area contributed by atoms with Crippen molar-refractivity contribution in [1.82, 2.24) is 10.2 Å². The van der Waals surface area contributed by atoms with E-state index in [-0.39, 0.29) is 24.0 Å². The van der Waals surface area contributed by atoms with Gasteiger partial charge in [0.2, 0.25) is 0 Å². The van der Waals surface area contributed by atoms with Gasteiger partial charge in [-0.05, 0) is 42.6 Å². The molecule has 1 heterocycles. The molecule has 164 valence electrons. The van der Waals surface area contributed by atoms with E-state index in [1.165, 1.54) is 24.8 Å². The van der Waals surface area contributed by atoms with Crippen LogP contribution in [0.4, 0.5) is 0 Å². The van der Waals surface area contributed by atoms with Crippen LogP contribution in [0.25, 0.3) is 0 Å². The predicted octanol–water partition coefficient (Wildman–Crippen LogP) is 3.78. The van der Waals surface area contributed by atoms with Crippen molar-refractivity contribution < 1.29 is 9.47 Å². The molecule has 7 heteroatoms. The van der Waals surface area contributed by atoms with E-state index >= 15 is 0 Å². The molecule has 0 aromatic heterocycles. The van der Waals surface area contributed by atoms with Gasteiger partial charge in [-0.25, -0.2) is 4.99 Å². The molecule has 1 unspecified atom stereocenters. The van der Waals surface area contributed by atoms with Gasteiger partial charge in [-0.15, -0.1) is 24.0 Å². The van der Waals surface area contributed by atoms with Crippen LogP contribution in [-0.2, 0) is 13.1 Å². The second kappa shape index (κ2) is 12.6. The van der Waals surface area contributed by atoms with Gasteiger partial charge in [0.1, 0.15) is 0 Å². The van der Waals surface area contributed by atoms with Crippen molar-refractivity contribution in [2.75, 3.05) is 27.3 Å². The molecule has 0 spiro atoms. The fourth-order valence-corrected chi connectivity index (χ4v) is 3.75. The second-order valence-electron chi connectivity index (χ2n) is 7.38. The Balaban J connectivity index is 0.00000320. The summed E-state index contributed by atoms with van der Waals surface area (Å²) in [6.07, 6.45) is 3.70. The van der Waals surface area contributed by atoms with Gasteiger partial charge in [-0.3, -0.25) is 4.90 Å². The highest BCUT2D eigenvalue weighted by Crippen LogP contribution is 2.27. The monoisotopic (exact) mass is 524 g/mol. The normalized spacial score (nSPS) is 17.1. The number of rotatable bonds is 8. The number of methoxy groups -OCH3 is 2. The number of hydrogen-bond acceptors (Lipinski definition) is 4. The zero-order valence-corrected chi connectivity index (χ0v) is 20.2. The second-order valence-corrected chi connectivity index (χ2v) is 7.38. The Bertz CT molecular complexity index is 801. The van der Waals surface area contributed by atoms with E-state index in [1.807, 2.05) is 18.2 Å². The lowest BCUT2D eigenvalue weighted by molar-refractivity contribution is 0.141. The van der Waals surface area contributed by atoms with Crippen LogP contribution in [0, 0.1) is 0 Å². The Hall–Kier alpha value is -2.00. The summed E-state index contributed by atoms with van der Waals surface area (Å²) in [4.78, 5) is 7.04. The van der Waals surface area contributed by atoms with Gasteiger partial charge in [-0.2, -0.15) is 0 Å². The third kappa shape index (κ3) is 7.05. The van der Waals surface area contributed by atoms with Gasteiger partial charge in [0.05, 0.1) is 20.8 Å². The van der Waals surface area contributed by atoms with Gasteiger partial charge in [-0.1, -0.05) is 42.8 Å². The fourth-order valence-electron chi connectivity index (χ4n) is 3.75. The summed E-state index contributed by atoms with van der Waals surface area (Å²) in [6.45, 7) is 3.42. The maximum Gasteiger partial charge on any atom is 0.188 e. The minimum Gasteiger partial charge on any atom is -0.493 e. The van der Waals surface area contributed by atoms with E-state index < -0.39 is 0 Å². The molecule has 2 aromatic rings. The maximum atomic E-state index is 6.13. The number of nitrogens with two attached hydrogens (primary N) is 1. The number of nitrogens with zero attached hydrogens (tertiary/aromatic N) is 2. The fraction of sp³-hybridized carbons (Fsp3) is 0.435. The van der Waals surface area contributed by atoms with E-state index in [0.717, 1.165) is 25.2 Å². The zero-order valence-electron chi connectivity index (χ0n) is 17.8. The molecule has 0 bridgehead atoms. The van der Waals surface area contributed by atoms with Crippen LogP contribution in [0.15, 0.2) is 53.5 Å². The van der Waals surface area contributed by atoms with Crippen molar-refractivity contribution in [3.63, 3.8) is 0 Å². The highest BCUT2D eigenvalue weighted by atomic mass is 127. The SMILES string of the molecule is COc1ccc(CN=C(N)NCC2CCCCN2Cc2ccccc2)cc1OC.I. The molecule has 1 saturated heterocycles. The number of halogens is 1. The van der Waals surface area contributed by atoms with Crippen LogP contribution in [0.2, 0.25) is 0 Å². The Morgan fingerprint density at radius 2 is 1.83 bits per heavy atom. The van der Waals surface area contributed by atoms with Gasteiger partial charge in [0.15, 0.2) is 17.5 Å². The summed E-state index contributed by atoms with van der Waals surface area (Å²) < 4.78 is 10.6. The Morgan fingerprint density at radius 3 is 2.57 bits per heavy atom. The van der Waals surface area contributed by atoms with Crippen molar-refractivity contribution in [2.45, 2.75) is 38.4 Å². The molecule has 6 nitrogen and oxygen atoms in total. The first kappa shape index (κ1) is 24.3. The number of guanidine groups is 1. The van der Waals surface area contributed by atoms with Crippen molar-refractivity contribution >= 4 is 29.9 Å². The van der Waals surface area contributed by atoms with Crippen LogP contribution >= 0.6 is 24.0 Å². The predicted molar refractivity (Wildman–Crippen MR) is 133 cm³/mol. The smallest absolute Gasteiger partial charge is 0.188 e. The number of nitrogens with one attached hydrogen (secondary N) is 1. The topological polar surface area (TPSA) is 72.1 Å². The summed E-state index contributed by atoms with van der Waals surface area (Å²) in [7, 11) is 3.26.